The molecular weight excluding hydrogens is 304 g/mol. The smallest absolute Gasteiger partial charge is 0.223 e. The number of amides is 2. The molecule has 1 N–H and O–H groups in total. The fraction of sp³-hybridized carbons (Fsp3) is 0.579. The summed E-state index contributed by atoms with van der Waals surface area (Å²) < 4.78 is 5.23. The number of hydrogen-bond donors (Lipinski definition) is 1. The lowest BCUT2D eigenvalue weighted by Crippen LogP contribution is -2.41. The van der Waals surface area contributed by atoms with E-state index in [1.807, 2.05) is 12.1 Å². The van der Waals surface area contributed by atoms with Crippen LogP contribution in [-0.2, 0) is 19.7 Å². The first-order valence-corrected chi connectivity index (χ1v) is 8.58. The van der Waals surface area contributed by atoms with Crippen molar-refractivity contribution in [3.63, 3.8) is 0 Å². The molecule has 1 aromatic rings. The molecule has 5 heteroatoms. The van der Waals surface area contributed by atoms with Crippen LogP contribution in [0.25, 0.3) is 0 Å². The van der Waals surface area contributed by atoms with Gasteiger partial charge in [0.05, 0.1) is 13.2 Å². The summed E-state index contributed by atoms with van der Waals surface area (Å²) in [6.07, 6.45) is 0.497. The predicted octanol–water partition coefficient (Wildman–Crippen LogP) is 2.03. The van der Waals surface area contributed by atoms with Gasteiger partial charge in [-0.2, -0.15) is 0 Å². The number of benzene rings is 1. The lowest BCUT2D eigenvalue weighted by atomic mass is 9.82. The number of nitrogens with zero attached hydrogens (tertiary/aromatic N) is 1. The van der Waals surface area contributed by atoms with E-state index in [1.54, 1.807) is 4.90 Å². The Morgan fingerprint density at radius 3 is 2.50 bits per heavy atom. The van der Waals surface area contributed by atoms with Gasteiger partial charge in [-0.1, -0.05) is 38.1 Å². The standard InChI is InChI=1S/C19H28N2O3/c1-15-6-4-5-7-16(15)19(2,3)14-20-17(22)8-9-18(23)21-10-12-24-13-11-21/h4-7H,8-14H2,1-3H3,(H,20,22). The van der Waals surface area contributed by atoms with Crippen LogP contribution in [0.2, 0.25) is 0 Å². The largest absolute Gasteiger partial charge is 0.378 e. The minimum Gasteiger partial charge on any atom is -0.378 e. The van der Waals surface area contributed by atoms with Gasteiger partial charge in [0.25, 0.3) is 0 Å². The number of morpholine rings is 1. The molecule has 132 valence electrons. The molecule has 24 heavy (non-hydrogen) atoms. The molecule has 0 saturated carbocycles. The Morgan fingerprint density at radius 1 is 1.17 bits per heavy atom. The molecule has 1 aromatic carbocycles. The van der Waals surface area contributed by atoms with E-state index in [1.165, 1.54) is 11.1 Å². The van der Waals surface area contributed by atoms with E-state index in [-0.39, 0.29) is 30.1 Å². The third kappa shape index (κ3) is 5.06. The van der Waals surface area contributed by atoms with Crippen molar-refractivity contribution in [2.45, 2.75) is 39.0 Å². The van der Waals surface area contributed by atoms with E-state index in [4.69, 9.17) is 4.74 Å². The van der Waals surface area contributed by atoms with E-state index in [0.717, 1.165) is 0 Å². The summed E-state index contributed by atoms with van der Waals surface area (Å²) >= 11 is 0. The summed E-state index contributed by atoms with van der Waals surface area (Å²) in [6.45, 7) is 9.30. The Morgan fingerprint density at radius 2 is 1.83 bits per heavy atom. The summed E-state index contributed by atoms with van der Waals surface area (Å²) in [5.41, 5.74) is 2.31. The molecular formula is C19H28N2O3. The number of carbonyl (C=O) groups excluding carboxylic acids is 2. The van der Waals surface area contributed by atoms with Crippen LogP contribution in [0.15, 0.2) is 24.3 Å². The fourth-order valence-electron chi connectivity index (χ4n) is 3.03. The van der Waals surface area contributed by atoms with Gasteiger partial charge < -0.3 is 15.0 Å². The summed E-state index contributed by atoms with van der Waals surface area (Å²) in [6, 6.07) is 8.22. The van der Waals surface area contributed by atoms with Crippen LogP contribution in [0.5, 0.6) is 0 Å². The van der Waals surface area contributed by atoms with Crippen molar-refractivity contribution in [1.82, 2.24) is 10.2 Å². The zero-order valence-electron chi connectivity index (χ0n) is 14.9. The molecule has 0 spiro atoms. The molecule has 5 nitrogen and oxygen atoms in total. The SMILES string of the molecule is Cc1ccccc1C(C)(C)CNC(=O)CCC(=O)N1CCOCC1. The monoisotopic (exact) mass is 332 g/mol. The Labute approximate surface area is 144 Å². The van der Waals surface area contributed by atoms with E-state index < -0.39 is 0 Å². The Kier molecular flexibility index (Phi) is 6.37. The van der Waals surface area contributed by atoms with Gasteiger partial charge in [0.1, 0.15) is 0 Å². The molecule has 1 aliphatic rings. The fourth-order valence-corrected chi connectivity index (χ4v) is 3.03. The van der Waals surface area contributed by atoms with Gasteiger partial charge >= 0.3 is 0 Å². The molecule has 2 rings (SSSR count). The average molecular weight is 332 g/mol. The molecule has 0 aromatic heterocycles. The summed E-state index contributed by atoms with van der Waals surface area (Å²) in [5.74, 6) is -0.0371. The summed E-state index contributed by atoms with van der Waals surface area (Å²) in [4.78, 5) is 25.9. The summed E-state index contributed by atoms with van der Waals surface area (Å²) in [5, 5.41) is 2.97. The van der Waals surface area contributed by atoms with Crippen molar-refractivity contribution >= 4 is 11.8 Å². The van der Waals surface area contributed by atoms with Crippen LogP contribution >= 0.6 is 0 Å². The average Bonchev–Trinajstić information content (AvgIpc) is 2.59. The van der Waals surface area contributed by atoms with E-state index >= 15 is 0 Å². The predicted molar refractivity (Wildman–Crippen MR) is 93.8 cm³/mol. The molecule has 0 radical (unpaired) electrons. The molecule has 2 amide bonds. The van der Waals surface area contributed by atoms with Crippen LogP contribution in [0.4, 0.5) is 0 Å². The first kappa shape index (κ1) is 18.5. The van der Waals surface area contributed by atoms with Crippen molar-refractivity contribution in [1.29, 1.82) is 0 Å². The molecule has 1 aliphatic heterocycles. The molecule has 0 atom stereocenters. The zero-order valence-corrected chi connectivity index (χ0v) is 14.9. The van der Waals surface area contributed by atoms with Crippen molar-refractivity contribution in [2.75, 3.05) is 32.8 Å². The molecule has 0 bridgehead atoms. The van der Waals surface area contributed by atoms with Gasteiger partial charge in [-0.05, 0) is 18.1 Å². The lowest BCUT2D eigenvalue weighted by Gasteiger charge is -2.28. The van der Waals surface area contributed by atoms with E-state index in [0.29, 0.717) is 32.8 Å². The van der Waals surface area contributed by atoms with E-state index in [2.05, 4.69) is 38.2 Å². The van der Waals surface area contributed by atoms with Crippen molar-refractivity contribution in [3.05, 3.63) is 35.4 Å². The molecule has 1 saturated heterocycles. The number of carbonyl (C=O) groups is 2. The van der Waals surface area contributed by atoms with Gasteiger partial charge in [0.15, 0.2) is 0 Å². The maximum Gasteiger partial charge on any atom is 0.223 e. The zero-order chi connectivity index (χ0) is 17.6. The van der Waals surface area contributed by atoms with Gasteiger partial charge in [-0.3, -0.25) is 9.59 Å². The number of rotatable bonds is 6. The number of ether oxygens (including phenoxy) is 1. The van der Waals surface area contributed by atoms with Crippen LogP contribution in [-0.4, -0.2) is 49.6 Å². The number of aryl methyl sites for hydroxylation is 1. The third-order valence-electron chi connectivity index (χ3n) is 4.53. The Hall–Kier alpha value is -1.88. The second kappa shape index (κ2) is 8.29. The van der Waals surface area contributed by atoms with Gasteiger partial charge in [0, 0.05) is 37.9 Å². The molecule has 1 heterocycles. The Balaban J connectivity index is 1.78. The Bertz CT molecular complexity index is 578. The van der Waals surface area contributed by atoms with Crippen molar-refractivity contribution < 1.29 is 14.3 Å². The first-order valence-electron chi connectivity index (χ1n) is 8.58. The highest BCUT2D eigenvalue weighted by Crippen LogP contribution is 2.25. The van der Waals surface area contributed by atoms with Crippen molar-refractivity contribution in [2.24, 2.45) is 0 Å². The quantitative estimate of drug-likeness (QED) is 0.867. The van der Waals surface area contributed by atoms with Crippen molar-refractivity contribution in [3.8, 4) is 0 Å². The topological polar surface area (TPSA) is 58.6 Å². The lowest BCUT2D eigenvalue weighted by molar-refractivity contribution is -0.137. The first-order chi connectivity index (χ1) is 11.4. The molecule has 0 unspecified atom stereocenters. The maximum absolute atomic E-state index is 12.1. The number of nitrogens with one attached hydrogen (secondary N) is 1. The highest BCUT2D eigenvalue weighted by molar-refractivity contribution is 5.83. The van der Waals surface area contributed by atoms with Crippen LogP contribution in [0.1, 0.15) is 37.8 Å². The second-order valence-corrected chi connectivity index (χ2v) is 6.97. The van der Waals surface area contributed by atoms with Gasteiger partial charge in [-0.15, -0.1) is 0 Å². The summed E-state index contributed by atoms with van der Waals surface area (Å²) in [7, 11) is 0. The third-order valence-corrected chi connectivity index (χ3v) is 4.53. The number of hydrogen-bond acceptors (Lipinski definition) is 3. The highest BCUT2D eigenvalue weighted by atomic mass is 16.5. The van der Waals surface area contributed by atoms with Gasteiger partial charge in [-0.25, -0.2) is 0 Å². The molecule has 0 aliphatic carbocycles. The normalized spacial score (nSPS) is 15.2. The van der Waals surface area contributed by atoms with Crippen LogP contribution in [0, 0.1) is 6.92 Å². The van der Waals surface area contributed by atoms with Crippen LogP contribution in [0.3, 0.4) is 0 Å². The molecule has 1 fully saturated rings. The highest BCUT2D eigenvalue weighted by Gasteiger charge is 2.23. The van der Waals surface area contributed by atoms with Crippen LogP contribution < -0.4 is 5.32 Å². The minimum absolute atomic E-state index is 0.0339. The van der Waals surface area contributed by atoms with E-state index in [9.17, 15) is 9.59 Å². The minimum atomic E-state index is -0.144. The maximum atomic E-state index is 12.1. The van der Waals surface area contributed by atoms with Gasteiger partial charge in [0.2, 0.25) is 11.8 Å². The second-order valence-electron chi connectivity index (χ2n) is 6.97.